The van der Waals surface area contributed by atoms with Crippen molar-refractivity contribution in [1.29, 1.82) is 0 Å². The van der Waals surface area contributed by atoms with E-state index in [0.29, 0.717) is 5.69 Å². The van der Waals surface area contributed by atoms with Crippen LogP contribution < -0.4 is 5.73 Å². The minimum atomic E-state index is -0.719. The largest absolute Gasteiger partial charge is 0.319 e. The highest BCUT2D eigenvalue weighted by atomic mass is 19.1. The highest BCUT2D eigenvalue weighted by Crippen LogP contribution is 2.19. The van der Waals surface area contributed by atoms with Crippen LogP contribution in [-0.2, 0) is 0 Å². The summed E-state index contributed by atoms with van der Waals surface area (Å²) >= 11 is 0. The summed E-state index contributed by atoms with van der Waals surface area (Å²) in [4.78, 5) is 7.43. The van der Waals surface area contributed by atoms with Gasteiger partial charge < -0.3 is 5.73 Å². The molecule has 0 aliphatic heterocycles. The lowest BCUT2D eigenvalue weighted by molar-refractivity contribution is 0.588. The number of halogens is 2. The zero-order chi connectivity index (χ0) is 11.5. The molecule has 0 radical (unpaired) electrons. The Hall–Kier alpha value is -1.88. The van der Waals surface area contributed by atoms with E-state index in [9.17, 15) is 8.78 Å². The van der Waals surface area contributed by atoms with Gasteiger partial charge in [-0.3, -0.25) is 9.97 Å². The van der Waals surface area contributed by atoms with Crippen LogP contribution in [0.25, 0.3) is 0 Å². The van der Waals surface area contributed by atoms with Crippen molar-refractivity contribution in [3.8, 4) is 0 Å². The van der Waals surface area contributed by atoms with Gasteiger partial charge in [0.15, 0.2) is 0 Å². The Balaban J connectivity index is 2.35. The lowest BCUT2D eigenvalue weighted by Gasteiger charge is -2.11. The zero-order valence-electron chi connectivity index (χ0n) is 8.27. The molecule has 2 rings (SSSR count). The predicted molar refractivity (Wildman–Crippen MR) is 54.4 cm³/mol. The Bertz CT molecular complexity index is 485. The van der Waals surface area contributed by atoms with E-state index in [0.717, 1.165) is 12.4 Å². The third-order valence-electron chi connectivity index (χ3n) is 2.21. The van der Waals surface area contributed by atoms with Crippen LogP contribution in [0.1, 0.15) is 17.3 Å². The van der Waals surface area contributed by atoms with Crippen molar-refractivity contribution in [3.63, 3.8) is 0 Å². The summed E-state index contributed by atoms with van der Waals surface area (Å²) in [5.41, 5.74) is 6.51. The number of hydrogen-bond acceptors (Lipinski definition) is 3. The molecule has 82 valence electrons. The van der Waals surface area contributed by atoms with Gasteiger partial charge in [-0.2, -0.15) is 0 Å². The van der Waals surface area contributed by atoms with E-state index < -0.39 is 17.7 Å². The van der Waals surface area contributed by atoms with Crippen molar-refractivity contribution in [2.75, 3.05) is 0 Å². The average molecular weight is 221 g/mol. The molecule has 0 spiro atoms. The topological polar surface area (TPSA) is 51.8 Å². The molecule has 16 heavy (non-hydrogen) atoms. The molecule has 3 nitrogen and oxygen atoms in total. The summed E-state index contributed by atoms with van der Waals surface area (Å²) in [5, 5.41) is 0. The van der Waals surface area contributed by atoms with Crippen LogP contribution in [-0.4, -0.2) is 9.97 Å². The van der Waals surface area contributed by atoms with E-state index in [1.807, 2.05) is 0 Å². The zero-order valence-corrected chi connectivity index (χ0v) is 8.27. The van der Waals surface area contributed by atoms with Gasteiger partial charge in [0, 0.05) is 11.8 Å². The summed E-state index contributed by atoms with van der Waals surface area (Å²) < 4.78 is 26.0. The van der Waals surface area contributed by atoms with Crippen molar-refractivity contribution in [2.45, 2.75) is 6.04 Å². The molecule has 0 aliphatic carbocycles. The Morgan fingerprint density at radius 2 is 1.94 bits per heavy atom. The standard InChI is InChI=1S/C11H9F2N3/c12-7-1-2-10(16-5-7)11(14)8-3-4-15-6-9(8)13/h1-6,11H,14H2. The number of pyridine rings is 2. The average Bonchev–Trinajstić information content (AvgIpc) is 2.30. The third kappa shape index (κ3) is 2.04. The van der Waals surface area contributed by atoms with Gasteiger partial charge in [0.05, 0.1) is 24.1 Å². The van der Waals surface area contributed by atoms with Gasteiger partial charge in [0.1, 0.15) is 11.6 Å². The fourth-order valence-electron chi connectivity index (χ4n) is 1.37. The summed E-state index contributed by atoms with van der Waals surface area (Å²) in [7, 11) is 0. The lowest BCUT2D eigenvalue weighted by atomic mass is 10.1. The Morgan fingerprint density at radius 3 is 2.56 bits per heavy atom. The van der Waals surface area contributed by atoms with Gasteiger partial charge in [-0.25, -0.2) is 8.78 Å². The Labute approximate surface area is 91.0 Å². The molecule has 0 aliphatic rings. The lowest BCUT2D eigenvalue weighted by Crippen LogP contribution is -2.15. The number of aromatic nitrogens is 2. The number of rotatable bonds is 2. The van der Waals surface area contributed by atoms with Crippen LogP contribution in [0.5, 0.6) is 0 Å². The predicted octanol–water partition coefficient (Wildman–Crippen LogP) is 1.80. The van der Waals surface area contributed by atoms with Crippen LogP contribution in [0.2, 0.25) is 0 Å². The van der Waals surface area contributed by atoms with E-state index in [-0.39, 0.29) is 5.56 Å². The SMILES string of the molecule is NC(c1ccc(F)cn1)c1ccncc1F. The first-order valence-electron chi connectivity index (χ1n) is 4.65. The van der Waals surface area contributed by atoms with Crippen LogP contribution >= 0.6 is 0 Å². The van der Waals surface area contributed by atoms with Crippen LogP contribution in [0.3, 0.4) is 0 Å². The maximum absolute atomic E-state index is 13.4. The monoisotopic (exact) mass is 221 g/mol. The second kappa shape index (κ2) is 4.32. The first-order chi connectivity index (χ1) is 7.68. The highest BCUT2D eigenvalue weighted by Gasteiger charge is 2.14. The van der Waals surface area contributed by atoms with Crippen molar-refractivity contribution in [3.05, 3.63) is 59.7 Å². The number of hydrogen-bond donors (Lipinski definition) is 1. The molecule has 2 N–H and O–H groups in total. The smallest absolute Gasteiger partial charge is 0.146 e. The molecule has 0 amide bonds. The summed E-state index contributed by atoms with van der Waals surface area (Å²) in [6.45, 7) is 0. The molecule has 2 heterocycles. The number of nitrogens with two attached hydrogens (primary N) is 1. The second-order valence-corrected chi connectivity index (χ2v) is 3.28. The molecule has 0 fully saturated rings. The second-order valence-electron chi connectivity index (χ2n) is 3.28. The van der Waals surface area contributed by atoms with Crippen molar-refractivity contribution < 1.29 is 8.78 Å². The van der Waals surface area contributed by atoms with Crippen molar-refractivity contribution in [1.82, 2.24) is 9.97 Å². The first-order valence-corrected chi connectivity index (χ1v) is 4.65. The van der Waals surface area contributed by atoms with Crippen LogP contribution in [0.15, 0.2) is 36.8 Å². The van der Waals surface area contributed by atoms with Gasteiger partial charge in [0.25, 0.3) is 0 Å². The van der Waals surface area contributed by atoms with Crippen molar-refractivity contribution >= 4 is 0 Å². The van der Waals surface area contributed by atoms with Gasteiger partial charge in [0.2, 0.25) is 0 Å². The van der Waals surface area contributed by atoms with E-state index in [1.165, 1.54) is 24.4 Å². The van der Waals surface area contributed by atoms with E-state index in [4.69, 9.17) is 5.73 Å². The Kier molecular flexibility index (Phi) is 2.87. The molecule has 1 atom stereocenters. The fourth-order valence-corrected chi connectivity index (χ4v) is 1.37. The maximum Gasteiger partial charge on any atom is 0.146 e. The quantitative estimate of drug-likeness (QED) is 0.841. The molecular weight excluding hydrogens is 212 g/mol. The molecule has 0 saturated heterocycles. The fraction of sp³-hybridized carbons (Fsp3) is 0.0909. The molecule has 0 bridgehead atoms. The molecule has 2 aromatic heterocycles. The molecule has 0 saturated carbocycles. The van der Waals surface area contributed by atoms with Gasteiger partial charge in [-0.15, -0.1) is 0 Å². The van der Waals surface area contributed by atoms with Crippen LogP contribution in [0, 0.1) is 11.6 Å². The van der Waals surface area contributed by atoms with E-state index in [2.05, 4.69) is 9.97 Å². The van der Waals surface area contributed by atoms with Crippen LogP contribution in [0.4, 0.5) is 8.78 Å². The minimum absolute atomic E-state index is 0.286. The molecular formula is C11H9F2N3. The summed E-state index contributed by atoms with van der Waals surface area (Å²) in [5.74, 6) is -0.952. The molecule has 5 heteroatoms. The molecule has 1 unspecified atom stereocenters. The minimum Gasteiger partial charge on any atom is -0.319 e. The molecule has 2 aromatic rings. The molecule has 0 aromatic carbocycles. The van der Waals surface area contributed by atoms with Gasteiger partial charge >= 0.3 is 0 Å². The van der Waals surface area contributed by atoms with Gasteiger partial charge in [-0.05, 0) is 18.2 Å². The summed E-state index contributed by atoms with van der Waals surface area (Å²) in [6.07, 6.45) is 3.58. The highest BCUT2D eigenvalue weighted by molar-refractivity contribution is 5.26. The van der Waals surface area contributed by atoms with E-state index >= 15 is 0 Å². The maximum atomic E-state index is 13.4. The third-order valence-corrected chi connectivity index (χ3v) is 2.21. The normalized spacial score (nSPS) is 12.4. The van der Waals surface area contributed by atoms with E-state index in [1.54, 1.807) is 0 Å². The first kappa shape index (κ1) is 10.6. The number of nitrogens with zero attached hydrogens (tertiary/aromatic N) is 2. The van der Waals surface area contributed by atoms with Gasteiger partial charge in [-0.1, -0.05) is 0 Å². The summed E-state index contributed by atoms with van der Waals surface area (Å²) in [6, 6.07) is 3.43. The Morgan fingerprint density at radius 1 is 1.12 bits per heavy atom. The van der Waals surface area contributed by atoms with Crippen molar-refractivity contribution in [2.24, 2.45) is 5.73 Å².